The standard InChI is InChI=1S/C12H14N2O2/c1-8(15)7-14-12(16)10-4-2-3-9-5-6-13-11(9)10/h2-6,8,13,15H,7H2,1H3,(H,14,16)/t8-/m1/s1. The summed E-state index contributed by atoms with van der Waals surface area (Å²) in [4.78, 5) is 14.9. The van der Waals surface area contributed by atoms with Gasteiger partial charge in [0.15, 0.2) is 0 Å². The van der Waals surface area contributed by atoms with Crippen LogP contribution in [0.4, 0.5) is 0 Å². The first-order valence-corrected chi connectivity index (χ1v) is 5.21. The summed E-state index contributed by atoms with van der Waals surface area (Å²) >= 11 is 0. The minimum absolute atomic E-state index is 0.172. The third kappa shape index (κ3) is 2.06. The lowest BCUT2D eigenvalue weighted by atomic mass is 10.1. The molecule has 1 amide bonds. The Morgan fingerprint density at radius 1 is 1.50 bits per heavy atom. The van der Waals surface area contributed by atoms with Gasteiger partial charge in [0.1, 0.15) is 0 Å². The molecule has 1 aromatic carbocycles. The number of aromatic amines is 1. The third-order valence-corrected chi connectivity index (χ3v) is 2.39. The van der Waals surface area contributed by atoms with Crippen molar-refractivity contribution in [2.75, 3.05) is 6.54 Å². The van der Waals surface area contributed by atoms with Crippen LogP contribution < -0.4 is 5.32 Å². The zero-order valence-corrected chi connectivity index (χ0v) is 9.03. The first-order valence-electron chi connectivity index (χ1n) is 5.21. The van der Waals surface area contributed by atoms with Gasteiger partial charge in [-0.15, -0.1) is 0 Å². The molecule has 16 heavy (non-hydrogen) atoms. The van der Waals surface area contributed by atoms with Crippen LogP contribution in [0.25, 0.3) is 10.9 Å². The van der Waals surface area contributed by atoms with Gasteiger partial charge in [-0.2, -0.15) is 0 Å². The van der Waals surface area contributed by atoms with E-state index in [1.165, 1.54) is 0 Å². The zero-order valence-electron chi connectivity index (χ0n) is 9.03. The highest BCUT2D eigenvalue weighted by Gasteiger charge is 2.10. The van der Waals surface area contributed by atoms with Crippen molar-refractivity contribution in [2.24, 2.45) is 0 Å². The van der Waals surface area contributed by atoms with Gasteiger partial charge in [0, 0.05) is 18.1 Å². The smallest absolute Gasteiger partial charge is 0.253 e. The molecule has 0 spiro atoms. The first-order chi connectivity index (χ1) is 7.68. The fourth-order valence-electron chi connectivity index (χ4n) is 1.61. The van der Waals surface area contributed by atoms with Gasteiger partial charge in [-0.3, -0.25) is 4.79 Å². The third-order valence-electron chi connectivity index (χ3n) is 2.39. The summed E-state index contributed by atoms with van der Waals surface area (Å²) in [7, 11) is 0. The fourth-order valence-corrected chi connectivity index (χ4v) is 1.61. The Kier molecular flexibility index (Phi) is 2.92. The van der Waals surface area contributed by atoms with Gasteiger partial charge in [0.05, 0.1) is 17.2 Å². The quantitative estimate of drug-likeness (QED) is 0.726. The van der Waals surface area contributed by atoms with E-state index in [4.69, 9.17) is 5.11 Å². The maximum atomic E-state index is 11.8. The number of amides is 1. The summed E-state index contributed by atoms with van der Waals surface area (Å²) in [6.45, 7) is 1.89. The Labute approximate surface area is 93.3 Å². The Balaban J connectivity index is 2.25. The van der Waals surface area contributed by atoms with E-state index >= 15 is 0 Å². The Morgan fingerprint density at radius 2 is 2.31 bits per heavy atom. The molecule has 0 radical (unpaired) electrons. The molecule has 0 aliphatic heterocycles. The SMILES string of the molecule is C[C@@H](O)CNC(=O)c1cccc2cc[nH]c12. The van der Waals surface area contributed by atoms with Crippen LogP contribution in [0.5, 0.6) is 0 Å². The van der Waals surface area contributed by atoms with Crippen LogP contribution in [0.15, 0.2) is 30.5 Å². The van der Waals surface area contributed by atoms with Crippen molar-refractivity contribution in [1.82, 2.24) is 10.3 Å². The Morgan fingerprint density at radius 3 is 3.06 bits per heavy atom. The highest BCUT2D eigenvalue weighted by atomic mass is 16.3. The van der Waals surface area contributed by atoms with Crippen LogP contribution in [0.1, 0.15) is 17.3 Å². The predicted molar refractivity (Wildman–Crippen MR) is 62.3 cm³/mol. The van der Waals surface area contributed by atoms with Gasteiger partial charge in [-0.1, -0.05) is 12.1 Å². The van der Waals surface area contributed by atoms with E-state index in [9.17, 15) is 4.79 Å². The largest absolute Gasteiger partial charge is 0.392 e. The molecular weight excluding hydrogens is 204 g/mol. The van der Waals surface area contributed by atoms with Gasteiger partial charge < -0.3 is 15.4 Å². The number of benzene rings is 1. The average Bonchev–Trinajstić information content (AvgIpc) is 2.73. The van der Waals surface area contributed by atoms with Crippen molar-refractivity contribution in [3.05, 3.63) is 36.0 Å². The summed E-state index contributed by atoms with van der Waals surface area (Å²) < 4.78 is 0. The molecule has 4 nitrogen and oxygen atoms in total. The molecule has 0 bridgehead atoms. The number of hydrogen-bond acceptors (Lipinski definition) is 2. The van der Waals surface area contributed by atoms with Crippen molar-refractivity contribution in [3.63, 3.8) is 0 Å². The number of carbonyl (C=O) groups is 1. The number of nitrogens with one attached hydrogen (secondary N) is 2. The molecule has 0 aliphatic carbocycles. The topological polar surface area (TPSA) is 65.1 Å². The van der Waals surface area contributed by atoms with E-state index in [2.05, 4.69) is 10.3 Å². The lowest BCUT2D eigenvalue weighted by molar-refractivity contribution is 0.0925. The van der Waals surface area contributed by atoms with E-state index < -0.39 is 6.10 Å². The Bertz CT molecular complexity index is 502. The minimum atomic E-state index is -0.535. The highest BCUT2D eigenvalue weighted by molar-refractivity contribution is 6.05. The number of hydrogen-bond donors (Lipinski definition) is 3. The van der Waals surface area contributed by atoms with E-state index in [1.807, 2.05) is 18.2 Å². The molecule has 2 rings (SSSR count). The van der Waals surface area contributed by atoms with Crippen LogP contribution >= 0.6 is 0 Å². The molecule has 84 valence electrons. The van der Waals surface area contributed by atoms with E-state index in [1.54, 1.807) is 19.2 Å². The van der Waals surface area contributed by atoms with E-state index in [0.717, 1.165) is 10.9 Å². The van der Waals surface area contributed by atoms with Crippen molar-refractivity contribution in [1.29, 1.82) is 0 Å². The fraction of sp³-hybridized carbons (Fsp3) is 0.250. The molecule has 1 atom stereocenters. The maximum absolute atomic E-state index is 11.8. The molecule has 3 N–H and O–H groups in total. The number of carbonyl (C=O) groups excluding carboxylic acids is 1. The van der Waals surface area contributed by atoms with Gasteiger partial charge in [0.2, 0.25) is 0 Å². The van der Waals surface area contributed by atoms with Crippen LogP contribution in [0.2, 0.25) is 0 Å². The van der Waals surface area contributed by atoms with Gasteiger partial charge in [-0.05, 0) is 19.1 Å². The molecule has 1 aromatic heterocycles. The highest BCUT2D eigenvalue weighted by Crippen LogP contribution is 2.16. The monoisotopic (exact) mass is 218 g/mol. The average molecular weight is 218 g/mol. The molecule has 0 saturated carbocycles. The second kappa shape index (κ2) is 4.37. The molecule has 0 saturated heterocycles. The van der Waals surface area contributed by atoms with Crippen LogP contribution in [-0.4, -0.2) is 28.6 Å². The number of aromatic nitrogens is 1. The molecule has 0 fully saturated rings. The number of para-hydroxylation sites is 1. The number of rotatable bonds is 3. The first kappa shape index (κ1) is 10.7. The van der Waals surface area contributed by atoms with Crippen molar-refractivity contribution in [2.45, 2.75) is 13.0 Å². The summed E-state index contributed by atoms with van der Waals surface area (Å²) in [5, 5.41) is 12.8. The summed E-state index contributed by atoms with van der Waals surface area (Å²) in [5.41, 5.74) is 1.42. The summed E-state index contributed by atoms with van der Waals surface area (Å²) in [5.74, 6) is -0.172. The Hall–Kier alpha value is -1.81. The molecule has 2 aromatic rings. The van der Waals surface area contributed by atoms with Gasteiger partial charge in [-0.25, -0.2) is 0 Å². The lowest BCUT2D eigenvalue weighted by Gasteiger charge is -2.07. The van der Waals surface area contributed by atoms with Crippen LogP contribution in [-0.2, 0) is 0 Å². The van der Waals surface area contributed by atoms with Crippen LogP contribution in [0, 0.1) is 0 Å². The molecule has 4 heteroatoms. The number of aliphatic hydroxyl groups excluding tert-OH is 1. The van der Waals surface area contributed by atoms with Crippen molar-refractivity contribution in [3.8, 4) is 0 Å². The lowest BCUT2D eigenvalue weighted by Crippen LogP contribution is -2.30. The number of H-pyrrole nitrogens is 1. The molecule has 1 heterocycles. The zero-order chi connectivity index (χ0) is 11.5. The van der Waals surface area contributed by atoms with Gasteiger partial charge in [0.25, 0.3) is 5.91 Å². The number of fused-ring (bicyclic) bond motifs is 1. The summed E-state index contributed by atoms with van der Waals surface area (Å²) in [6, 6.07) is 7.46. The second-order valence-corrected chi connectivity index (χ2v) is 3.81. The van der Waals surface area contributed by atoms with Gasteiger partial charge >= 0.3 is 0 Å². The normalized spacial score (nSPS) is 12.6. The molecular formula is C12H14N2O2. The number of aliphatic hydroxyl groups is 1. The summed E-state index contributed by atoms with van der Waals surface area (Å²) in [6.07, 6.45) is 1.27. The second-order valence-electron chi connectivity index (χ2n) is 3.81. The predicted octanol–water partition coefficient (Wildman–Crippen LogP) is 1.28. The molecule has 0 aliphatic rings. The minimum Gasteiger partial charge on any atom is -0.392 e. The van der Waals surface area contributed by atoms with Crippen molar-refractivity contribution >= 4 is 16.8 Å². The molecule has 0 unspecified atom stereocenters. The van der Waals surface area contributed by atoms with Crippen molar-refractivity contribution < 1.29 is 9.90 Å². The van der Waals surface area contributed by atoms with Crippen LogP contribution in [0.3, 0.4) is 0 Å². The maximum Gasteiger partial charge on any atom is 0.253 e. The van der Waals surface area contributed by atoms with E-state index in [0.29, 0.717) is 5.56 Å². The van der Waals surface area contributed by atoms with E-state index in [-0.39, 0.29) is 12.5 Å².